The molecule has 158 valence electrons. The highest BCUT2D eigenvalue weighted by atomic mass is 16.2. The van der Waals surface area contributed by atoms with E-state index >= 15 is 0 Å². The van der Waals surface area contributed by atoms with Gasteiger partial charge in [-0.2, -0.15) is 10.2 Å². The van der Waals surface area contributed by atoms with E-state index < -0.39 is 0 Å². The van der Waals surface area contributed by atoms with Gasteiger partial charge in [-0.1, -0.05) is 0 Å². The van der Waals surface area contributed by atoms with E-state index in [1.54, 1.807) is 10.7 Å². The zero-order valence-electron chi connectivity index (χ0n) is 17.9. The van der Waals surface area contributed by atoms with Gasteiger partial charge in [-0.05, 0) is 58.6 Å². The summed E-state index contributed by atoms with van der Waals surface area (Å²) in [7, 11) is 0. The number of hydrogen-bond donors (Lipinski definition) is 1. The molecule has 2 aromatic rings. The minimum atomic E-state index is -0.0150. The molecule has 0 spiro atoms. The summed E-state index contributed by atoms with van der Waals surface area (Å²) in [6, 6.07) is 3.94. The Bertz CT molecular complexity index is 847. The second-order valence-electron chi connectivity index (χ2n) is 8.02. The Morgan fingerprint density at radius 2 is 1.97 bits per heavy atom. The summed E-state index contributed by atoms with van der Waals surface area (Å²) in [4.78, 5) is 26.8. The summed E-state index contributed by atoms with van der Waals surface area (Å²) >= 11 is 0. The van der Waals surface area contributed by atoms with Crippen molar-refractivity contribution in [3.8, 4) is 0 Å². The monoisotopic (exact) mass is 400 g/mol. The van der Waals surface area contributed by atoms with Crippen molar-refractivity contribution in [1.29, 1.82) is 0 Å². The second kappa shape index (κ2) is 9.24. The molecule has 0 saturated carbocycles. The fraction of sp³-hybridized carbons (Fsp3) is 0.619. The standard InChI is InChI=1S/C21H32N6O2/c1-5-26-11-8-19(24-26)21(29)25-9-6-18(7-10-25)13-20(28)22-14-17(4)27-16(3)12-15(2)23-27/h8,11-12,17-18H,5-7,9-10,13-14H2,1-4H3,(H,22,28). The first-order chi connectivity index (χ1) is 13.9. The highest BCUT2D eigenvalue weighted by molar-refractivity contribution is 5.92. The molecular formula is C21H32N6O2. The molecule has 3 heterocycles. The SMILES string of the molecule is CCn1ccc(C(=O)N2CCC(CC(=O)NCC(C)n3nc(C)cc3C)CC2)n1. The molecule has 0 radical (unpaired) electrons. The van der Waals surface area contributed by atoms with Crippen LogP contribution in [0.2, 0.25) is 0 Å². The Kier molecular flexibility index (Phi) is 6.71. The molecule has 1 N–H and O–H groups in total. The van der Waals surface area contributed by atoms with Crippen LogP contribution >= 0.6 is 0 Å². The van der Waals surface area contributed by atoms with Gasteiger partial charge in [0, 0.05) is 44.5 Å². The summed E-state index contributed by atoms with van der Waals surface area (Å²) in [6.07, 6.45) is 4.04. The first kappa shape index (κ1) is 21.1. The van der Waals surface area contributed by atoms with Crippen LogP contribution in [0.25, 0.3) is 0 Å². The van der Waals surface area contributed by atoms with Crippen LogP contribution in [0.4, 0.5) is 0 Å². The Morgan fingerprint density at radius 3 is 2.55 bits per heavy atom. The molecule has 2 amide bonds. The number of amides is 2. The van der Waals surface area contributed by atoms with Gasteiger partial charge in [0.15, 0.2) is 0 Å². The average Bonchev–Trinajstić information content (AvgIpc) is 3.32. The predicted octanol–water partition coefficient (Wildman–Crippen LogP) is 2.34. The van der Waals surface area contributed by atoms with E-state index in [0.29, 0.717) is 37.7 Å². The maximum absolute atomic E-state index is 12.6. The van der Waals surface area contributed by atoms with E-state index in [1.165, 1.54) is 0 Å². The van der Waals surface area contributed by atoms with Crippen LogP contribution in [-0.4, -0.2) is 55.9 Å². The number of likely N-dealkylation sites (tertiary alicyclic amines) is 1. The maximum atomic E-state index is 12.6. The van der Waals surface area contributed by atoms with Gasteiger partial charge < -0.3 is 10.2 Å². The number of nitrogens with zero attached hydrogens (tertiary/aromatic N) is 5. The van der Waals surface area contributed by atoms with Gasteiger partial charge in [-0.15, -0.1) is 0 Å². The lowest BCUT2D eigenvalue weighted by Crippen LogP contribution is -2.40. The lowest BCUT2D eigenvalue weighted by molar-refractivity contribution is -0.122. The Balaban J connectivity index is 1.41. The van der Waals surface area contributed by atoms with Crippen molar-refractivity contribution in [2.24, 2.45) is 5.92 Å². The maximum Gasteiger partial charge on any atom is 0.274 e. The number of rotatable bonds is 7. The van der Waals surface area contributed by atoms with Gasteiger partial charge in [-0.25, -0.2) is 0 Å². The first-order valence-electron chi connectivity index (χ1n) is 10.5. The summed E-state index contributed by atoms with van der Waals surface area (Å²) in [5.74, 6) is 0.375. The Morgan fingerprint density at radius 1 is 1.24 bits per heavy atom. The van der Waals surface area contributed by atoms with Crippen LogP contribution in [0.1, 0.15) is 61.0 Å². The summed E-state index contributed by atoms with van der Waals surface area (Å²) in [5.41, 5.74) is 2.59. The third-order valence-electron chi connectivity index (χ3n) is 5.62. The highest BCUT2D eigenvalue weighted by Gasteiger charge is 2.26. The van der Waals surface area contributed by atoms with Crippen molar-refractivity contribution in [3.05, 3.63) is 35.4 Å². The third-order valence-corrected chi connectivity index (χ3v) is 5.62. The number of aryl methyl sites for hydroxylation is 3. The lowest BCUT2D eigenvalue weighted by atomic mass is 9.93. The van der Waals surface area contributed by atoms with E-state index in [0.717, 1.165) is 30.8 Å². The molecular weight excluding hydrogens is 368 g/mol. The first-order valence-corrected chi connectivity index (χ1v) is 10.5. The molecule has 1 saturated heterocycles. The van der Waals surface area contributed by atoms with Crippen LogP contribution in [0.3, 0.4) is 0 Å². The van der Waals surface area contributed by atoms with Gasteiger partial charge in [0.1, 0.15) is 5.69 Å². The van der Waals surface area contributed by atoms with Crippen molar-refractivity contribution in [2.45, 2.75) is 59.5 Å². The molecule has 0 aromatic carbocycles. The topological polar surface area (TPSA) is 85.0 Å². The van der Waals surface area contributed by atoms with Crippen LogP contribution in [-0.2, 0) is 11.3 Å². The molecule has 8 nitrogen and oxygen atoms in total. The normalized spacial score (nSPS) is 16.1. The van der Waals surface area contributed by atoms with Crippen LogP contribution < -0.4 is 5.32 Å². The van der Waals surface area contributed by atoms with Crippen LogP contribution in [0.15, 0.2) is 18.3 Å². The fourth-order valence-corrected chi connectivity index (χ4v) is 3.93. The molecule has 0 bridgehead atoms. The highest BCUT2D eigenvalue weighted by Crippen LogP contribution is 2.21. The van der Waals surface area contributed by atoms with Crippen molar-refractivity contribution < 1.29 is 9.59 Å². The van der Waals surface area contributed by atoms with Gasteiger partial charge in [-0.3, -0.25) is 19.0 Å². The molecule has 1 aliphatic heterocycles. The Hall–Kier alpha value is -2.64. The zero-order valence-corrected chi connectivity index (χ0v) is 17.9. The summed E-state index contributed by atoms with van der Waals surface area (Å²) < 4.78 is 3.72. The van der Waals surface area contributed by atoms with Crippen molar-refractivity contribution in [3.63, 3.8) is 0 Å². The van der Waals surface area contributed by atoms with E-state index in [-0.39, 0.29) is 17.9 Å². The summed E-state index contributed by atoms with van der Waals surface area (Å²) in [6.45, 7) is 10.7. The van der Waals surface area contributed by atoms with E-state index in [2.05, 4.69) is 22.4 Å². The van der Waals surface area contributed by atoms with Crippen molar-refractivity contribution in [2.75, 3.05) is 19.6 Å². The quantitative estimate of drug-likeness (QED) is 0.773. The number of nitrogens with one attached hydrogen (secondary N) is 1. The van der Waals surface area contributed by atoms with Gasteiger partial charge in [0.05, 0.1) is 11.7 Å². The average molecular weight is 401 g/mol. The van der Waals surface area contributed by atoms with Crippen molar-refractivity contribution >= 4 is 11.8 Å². The van der Waals surface area contributed by atoms with Gasteiger partial charge in [0.2, 0.25) is 5.91 Å². The molecule has 0 aliphatic carbocycles. The molecule has 1 unspecified atom stereocenters. The molecule has 1 aliphatic rings. The van der Waals surface area contributed by atoms with E-state index in [4.69, 9.17) is 0 Å². The molecule has 1 atom stereocenters. The molecule has 3 rings (SSSR count). The zero-order chi connectivity index (χ0) is 21.0. The van der Waals surface area contributed by atoms with E-state index in [9.17, 15) is 9.59 Å². The second-order valence-corrected chi connectivity index (χ2v) is 8.02. The minimum absolute atomic E-state index is 0.0150. The fourth-order valence-electron chi connectivity index (χ4n) is 3.93. The minimum Gasteiger partial charge on any atom is -0.354 e. The largest absolute Gasteiger partial charge is 0.354 e. The van der Waals surface area contributed by atoms with Crippen molar-refractivity contribution in [1.82, 2.24) is 29.8 Å². The smallest absolute Gasteiger partial charge is 0.274 e. The van der Waals surface area contributed by atoms with E-state index in [1.807, 2.05) is 42.6 Å². The summed E-state index contributed by atoms with van der Waals surface area (Å²) in [5, 5.41) is 11.8. The molecule has 2 aromatic heterocycles. The molecule has 1 fully saturated rings. The third kappa shape index (κ3) is 5.25. The number of carbonyl (C=O) groups excluding carboxylic acids is 2. The number of piperidine rings is 1. The van der Waals surface area contributed by atoms with Crippen LogP contribution in [0.5, 0.6) is 0 Å². The number of aromatic nitrogens is 4. The van der Waals surface area contributed by atoms with Crippen LogP contribution in [0, 0.1) is 19.8 Å². The lowest BCUT2D eigenvalue weighted by Gasteiger charge is -2.31. The Labute approximate surface area is 172 Å². The number of carbonyl (C=O) groups is 2. The predicted molar refractivity (Wildman–Crippen MR) is 111 cm³/mol. The van der Waals surface area contributed by atoms with Gasteiger partial charge in [0.25, 0.3) is 5.91 Å². The van der Waals surface area contributed by atoms with Gasteiger partial charge >= 0.3 is 0 Å². The molecule has 29 heavy (non-hydrogen) atoms. The molecule has 8 heteroatoms. The number of hydrogen-bond acceptors (Lipinski definition) is 4.